The molecule has 1 atom stereocenters. The zero-order valence-corrected chi connectivity index (χ0v) is 11.7. The van der Waals surface area contributed by atoms with E-state index in [-0.39, 0.29) is 11.9 Å². The van der Waals surface area contributed by atoms with Crippen molar-refractivity contribution in [2.75, 3.05) is 11.4 Å². The summed E-state index contributed by atoms with van der Waals surface area (Å²) in [5.41, 5.74) is 3.45. The highest BCUT2D eigenvalue weighted by Crippen LogP contribution is 2.24. The van der Waals surface area contributed by atoms with E-state index < -0.39 is 0 Å². The van der Waals surface area contributed by atoms with Gasteiger partial charge in [0.1, 0.15) is 0 Å². The molecule has 2 rings (SSSR count). The van der Waals surface area contributed by atoms with E-state index in [4.69, 9.17) is 0 Å². The smallest absolute Gasteiger partial charge is 0.244 e. The molecule has 1 aromatic carbocycles. The molecular formula is C15H22N2O. The van der Waals surface area contributed by atoms with Crippen LogP contribution in [0.1, 0.15) is 31.4 Å². The molecule has 3 nitrogen and oxygen atoms in total. The second-order valence-corrected chi connectivity index (χ2v) is 5.50. The molecular weight excluding hydrogens is 224 g/mol. The van der Waals surface area contributed by atoms with Gasteiger partial charge in [-0.3, -0.25) is 4.79 Å². The lowest BCUT2D eigenvalue weighted by Crippen LogP contribution is -2.41. The van der Waals surface area contributed by atoms with Crippen LogP contribution in [0.15, 0.2) is 18.2 Å². The lowest BCUT2D eigenvalue weighted by atomic mass is 10.1. The summed E-state index contributed by atoms with van der Waals surface area (Å²) < 4.78 is 0. The maximum atomic E-state index is 12.3. The minimum absolute atomic E-state index is 0.0224. The molecule has 0 aromatic heterocycles. The highest BCUT2D eigenvalue weighted by Gasteiger charge is 2.32. The summed E-state index contributed by atoms with van der Waals surface area (Å²) in [6, 6.07) is 6.63. The van der Waals surface area contributed by atoms with Gasteiger partial charge in [-0.15, -0.1) is 0 Å². The molecule has 1 aliphatic heterocycles. The lowest BCUT2D eigenvalue weighted by molar-refractivity contribution is -0.118. The molecule has 1 amide bonds. The highest BCUT2D eigenvalue weighted by molar-refractivity contribution is 5.99. The average molecular weight is 246 g/mol. The monoisotopic (exact) mass is 246 g/mol. The van der Waals surface area contributed by atoms with Gasteiger partial charge in [0.15, 0.2) is 0 Å². The molecule has 1 fully saturated rings. The first-order valence-corrected chi connectivity index (χ1v) is 6.63. The van der Waals surface area contributed by atoms with Gasteiger partial charge in [0.2, 0.25) is 5.91 Å². The number of benzene rings is 1. The van der Waals surface area contributed by atoms with Gasteiger partial charge >= 0.3 is 0 Å². The van der Waals surface area contributed by atoms with E-state index in [9.17, 15) is 4.79 Å². The Morgan fingerprint density at radius 2 is 1.83 bits per heavy atom. The number of carbonyl (C=O) groups excluding carboxylic acids is 1. The third-order valence-corrected chi connectivity index (χ3v) is 3.26. The van der Waals surface area contributed by atoms with E-state index in [2.05, 4.69) is 51.2 Å². The van der Waals surface area contributed by atoms with Crippen molar-refractivity contribution in [1.82, 2.24) is 5.32 Å². The van der Waals surface area contributed by atoms with Crippen LogP contribution in [-0.2, 0) is 4.79 Å². The van der Waals surface area contributed by atoms with E-state index in [1.165, 1.54) is 11.1 Å². The fourth-order valence-electron chi connectivity index (χ4n) is 2.60. The Bertz CT molecular complexity index is 434. The van der Waals surface area contributed by atoms with Crippen molar-refractivity contribution in [1.29, 1.82) is 0 Å². The summed E-state index contributed by atoms with van der Waals surface area (Å²) in [5, 5.41) is 3.33. The molecule has 1 heterocycles. The van der Waals surface area contributed by atoms with E-state index in [1.807, 2.05) is 4.90 Å². The molecule has 0 aliphatic carbocycles. The standard InChI is InChI=1S/C15H22N2O/c1-10(2)16-14-5-6-17(15(14)18)13-8-11(3)7-12(4)9-13/h7-10,14,16H,5-6H2,1-4H3. The van der Waals surface area contributed by atoms with Crippen LogP contribution in [0.25, 0.3) is 0 Å². The number of nitrogens with one attached hydrogen (secondary N) is 1. The molecule has 1 unspecified atom stereocenters. The molecule has 0 spiro atoms. The quantitative estimate of drug-likeness (QED) is 0.888. The van der Waals surface area contributed by atoms with Crippen molar-refractivity contribution in [3.05, 3.63) is 29.3 Å². The van der Waals surface area contributed by atoms with Crippen LogP contribution in [-0.4, -0.2) is 24.5 Å². The summed E-state index contributed by atoms with van der Waals surface area (Å²) in [6.45, 7) is 9.10. The van der Waals surface area contributed by atoms with Crippen LogP contribution in [0.3, 0.4) is 0 Å². The highest BCUT2D eigenvalue weighted by atomic mass is 16.2. The first-order valence-electron chi connectivity index (χ1n) is 6.63. The Labute approximate surface area is 109 Å². The van der Waals surface area contributed by atoms with Crippen molar-refractivity contribution in [2.24, 2.45) is 0 Å². The lowest BCUT2D eigenvalue weighted by Gasteiger charge is -2.19. The minimum Gasteiger partial charge on any atom is -0.311 e. The molecule has 0 bridgehead atoms. The molecule has 1 saturated heterocycles. The average Bonchev–Trinajstić information content (AvgIpc) is 2.58. The second-order valence-electron chi connectivity index (χ2n) is 5.50. The van der Waals surface area contributed by atoms with Crippen LogP contribution < -0.4 is 10.2 Å². The summed E-state index contributed by atoms with van der Waals surface area (Å²) in [7, 11) is 0. The molecule has 3 heteroatoms. The first kappa shape index (κ1) is 13.1. The van der Waals surface area contributed by atoms with Crippen LogP contribution in [0.5, 0.6) is 0 Å². The number of hydrogen-bond acceptors (Lipinski definition) is 2. The fourth-order valence-corrected chi connectivity index (χ4v) is 2.60. The fraction of sp³-hybridized carbons (Fsp3) is 0.533. The van der Waals surface area contributed by atoms with E-state index in [0.29, 0.717) is 6.04 Å². The summed E-state index contributed by atoms with van der Waals surface area (Å²) in [4.78, 5) is 14.2. The number of hydrogen-bond donors (Lipinski definition) is 1. The van der Waals surface area contributed by atoms with E-state index >= 15 is 0 Å². The zero-order valence-electron chi connectivity index (χ0n) is 11.7. The van der Waals surface area contributed by atoms with Crippen LogP contribution >= 0.6 is 0 Å². The summed E-state index contributed by atoms with van der Waals surface area (Å²) in [5.74, 6) is 0.203. The Morgan fingerprint density at radius 1 is 1.22 bits per heavy atom. The Kier molecular flexibility index (Phi) is 3.71. The normalized spacial score (nSPS) is 19.9. The summed E-state index contributed by atoms with van der Waals surface area (Å²) >= 11 is 0. The number of carbonyl (C=O) groups is 1. The van der Waals surface area contributed by atoms with Crippen LogP contribution in [0.2, 0.25) is 0 Å². The SMILES string of the molecule is Cc1cc(C)cc(N2CCC(NC(C)C)C2=O)c1. The Hall–Kier alpha value is -1.35. The maximum absolute atomic E-state index is 12.3. The van der Waals surface area contributed by atoms with Gasteiger partial charge in [-0.2, -0.15) is 0 Å². The van der Waals surface area contributed by atoms with Crippen molar-refractivity contribution < 1.29 is 4.79 Å². The number of rotatable bonds is 3. The molecule has 18 heavy (non-hydrogen) atoms. The molecule has 1 N–H and O–H groups in total. The number of anilines is 1. The summed E-state index contributed by atoms with van der Waals surface area (Å²) in [6.07, 6.45) is 0.893. The van der Waals surface area contributed by atoms with Crippen molar-refractivity contribution in [3.63, 3.8) is 0 Å². The zero-order chi connectivity index (χ0) is 13.3. The van der Waals surface area contributed by atoms with E-state index in [1.54, 1.807) is 0 Å². The van der Waals surface area contributed by atoms with Crippen LogP contribution in [0, 0.1) is 13.8 Å². The Morgan fingerprint density at radius 3 is 2.39 bits per heavy atom. The van der Waals surface area contributed by atoms with Gasteiger partial charge in [0.05, 0.1) is 6.04 Å². The third-order valence-electron chi connectivity index (χ3n) is 3.26. The number of aryl methyl sites for hydroxylation is 2. The van der Waals surface area contributed by atoms with Gasteiger partial charge in [0.25, 0.3) is 0 Å². The van der Waals surface area contributed by atoms with Crippen molar-refractivity contribution in [3.8, 4) is 0 Å². The van der Waals surface area contributed by atoms with Gasteiger partial charge in [0, 0.05) is 18.3 Å². The predicted octanol–water partition coefficient (Wildman–Crippen LogP) is 2.41. The topological polar surface area (TPSA) is 32.3 Å². The largest absolute Gasteiger partial charge is 0.311 e. The van der Waals surface area contributed by atoms with Gasteiger partial charge in [-0.25, -0.2) is 0 Å². The van der Waals surface area contributed by atoms with E-state index in [0.717, 1.165) is 18.7 Å². The number of amides is 1. The third kappa shape index (κ3) is 2.72. The molecule has 1 aliphatic rings. The maximum Gasteiger partial charge on any atom is 0.244 e. The van der Waals surface area contributed by atoms with Gasteiger partial charge in [-0.1, -0.05) is 19.9 Å². The second kappa shape index (κ2) is 5.11. The molecule has 1 aromatic rings. The van der Waals surface area contributed by atoms with Gasteiger partial charge in [-0.05, 0) is 43.5 Å². The van der Waals surface area contributed by atoms with Crippen molar-refractivity contribution >= 4 is 11.6 Å². The minimum atomic E-state index is -0.0224. The molecule has 0 saturated carbocycles. The first-order chi connectivity index (χ1) is 8.47. The predicted molar refractivity (Wildman–Crippen MR) is 74.9 cm³/mol. The number of nitrogens with zero attached hydrogens (tertiary/aromatic N) is 1. The molecule has 0 radical (unpaired) electrons. The van der Waals surface area contributed by atoms with Crippen molar-refractivity contribution in [2.45, 2.75) is 46.2 Å². The van der Waals surface area contributed by atoms with Gasteiger partial charge < -0.3 is 10.2 Å². The van der Waals surface area contributed by atoms with Crippen LogP contribution in [0.4, 0.5) is 5.69 Å². The molecule has 98 valence electrons. The Balaban J connectivity index is 2.18.